The fourth-order valence-electron chi connectivity index (χ4n) is 7.53. The summed E-state index contributed by atoms with van der Waals surface area (Å²) in [4.78, 5) is 86.7. The summed E-state index contributed by atoms with van der Waals surface area (Å²) in [6.07, 6.45) is 11.0. The fraction of sp³-hybridized carbons (Fsp3) is 0.711. The number of hydrogen-bond donors (Lipinski definition) is 7. The molecule has 6 amide bonds. The van der Waals surface area contributed by atoms with Crippen molar-refractivity contribution in [1.29, 1.82) is 0 Å². The van der Waals surface area contributed by atoms with E-state index in [0.29, 0.717) is 31.7 Å². The number of aliphatic hydroxyl groups is 1. The molecule has 0 aromatic heterocycles. The molecule has 1 spiro atoms. The largest absolute Gasteiger partial charge is 0.459 e. The molecule has 0 aliphatic carbocycles. The third-order valence-corrected chi connectivity index (χ3v) is 11.9. The van der Waals surface area contributed by atoms with Crippen molar-refractivity contribution in [2.24, 2.45) is 11.8 Å². The lowest BCUT2D eigenvalue weighted by atomic mass is 9.87. The van der Waals surface area contributed by atoms with E-state index < -0.39 is 65.8 Å². The van der Waals surface area contributed by atoms with Crippen molar-refractivity contribution in [1.82, 2.24) is 32.1 Å². The molecule has 64 heavy (non-hydrogen) atoms. The van der Waals surface area contributed by atoms with Gasteiger partial charge in [-0.25, -0.2) is 0 Å². The molecule has 0 aromatic carbocycles. The maximum atomic E-state index is 13.1. The van der Waals surface area contributed by atoms with Crippen LogP contribution in [0.5, 0.6) is 0 Å². The summed E-state index contributed by atoms with van der Waals surface area (Å²) in [6.45, 7) is 14.8. The first-order valence-electron chi connectivity index (χ1n) is 22.3. The Labute approximate surface area is 381 Å². The molecule has 3 fully saturated rings. The highest BCUT2D eigenvalue weighted by Gasteiger charge is 2.58. The standard InChI is InChI=1S/C45H72N6O12S/c1-26(2)41(49-37(53)13-11-10-12-20-46-40(56)24-64-9)44(59)47-30(6)43(58)51-50-39(55)22-33-23-45(25-60-45)42(57)36(63-33)18-15-27(3)14-17-35-28(4)21-34(31(7)62-35)48-38(54)19-16-29(5)61-32(8)52/h14-16,18-19,26,28-31,33-36,41-42,57H,10-13,17,20-25H2,1-9H3,(H,46,56)(H,47,59)(H,48,54)(H,49,53)(H,50,55)(H,51,58)/b18-15+,19-16-,27-14+/t28-,29-,30-,31+,33+,34+,35-,36+,41-,42+,45+/m0/s1. The number of allylic oxidation sites excluding steroid dienone is 2. The van der Waals surface area contributed by atoms with Gasteiger partial charge in [0.25, 0.3) is 5.91 Å². The second-order valence-corrected chi connectivity index (χ2v) is 18.4. The molecular formula is C45H72N6O12S. The first-order chi connectivity index (χ1) is 30.2. The second kappa shape index (κ2) is 26.6. The van der Waals surface area contributed by atoms with Gasteiger partial charge in [-0.15, -0.1) is 0 Å². The average Bonchev–Trinajstić information content (AvgIpc) is 4.00. The monoisotopic (exact) mass is 920 g/mol. The van der Waals surface area contributed by atoms with E-state index in [0.717, 1.165) is 24.8 Å². The number of nitrogens with one attached hydrogen (secondary N) is 6. The Balaban J connectivity index is 1.43. The zero-order chi connectivity index (χ0) is 47.6. The minimum atomic E-state index is -1.04. The highest BCUT2D eigenvalue weighted by atomic mass is 32.2. The van der Waals surface area contributed by atoms with Crippen molar-refractivity contribution in [2.45, 2.75) is 167 Å². The molecule has 7 N–H and O–H groups in total. The first kappa shape index (κ1) is 54.0. The van der Waals surface area contributed by atoms with Crippen LogP contribution in [0.1, 0.15) is 107 Å². The van der Waals surface area contributed by atoms with E-state index in [-0.39, 0.29) is 67.1 Å². The fourth-order valence-corrected chi connectivity index (χ4v) is 7.89. The number of hydrogen-bond acceptors (Lipinski definition) is 13. The van der Waals surface area contributed by atoms with Gasteiger partial charge in [-0.2, -0.15) is 11.8 Å². The molecule has 360 valence electrons. The topological polar surface area (TPSA) is 252 Å². The van der Waals surface area contributed by atoms with Gasteiger partial charge in [-0.05, 0) is 77.5 Å². The third kappa shape index (κ3) is 18.7. The molecule has 3 aliphatic heterocycles. The van der Waals surface area contributed by atoms with Crippen LogP contribution in [-0.2, 0) is 52.5 Å². The molecule has 3 aliphatic rings. The van der Waals surface area contributed by atoms with Crippen LogP contribution in [0.15, 0.2) is 36.0 Å². The minimum Gasteiger partial charge on any atom is -0.459 e. The van der Waals surface area contributed by atoms with Gasteiger partial charge in [-0.1, -0.05) is 51.0 Å². The van der Waals surface area contributed by atoms with Gasteiger partial charge in [0.1, 0.15) is 36.0 Å². The highest BCUT2D eigenvalue weighted by molar-refractivity contribution is 7.99. The molecule has 18 nitrogen and oxygen atoms in total. The van der Waals surface area contributed by atoms with Gasteiger partial charge in [0.15, 0.2) is 0 Å². The number of amides is 6. The number of epoxide rings is 1. The summed E-state index contributed by atoms with van der Waals surface area (Å²) < 4.78 is 23.1. The Hall–Kier alpha value is -4.30. The lowest BCUT2D eigenvalue weighted by Crippen LogP contribution is -2.56. The maximum absolute atomic E-state index is 13.1. The van der Waals surface area contributed by atoms with Crippen LogP contribution in [0, 0.1) is 11.8 Å². The number of thioether (sulfide) groups is 1. The van der Waals surface area contributed by atoms with Gasteiger partial charge >= 0.3 is 5.97 Å². The predicted octanol–water partition coefficient (Wildman–Crippen LogP) is 2.20. The maximum Gasteiger partial charge on any atom is 0.303 e. The molecule has 0 radical (unpaired) electrons. The normalized spacial score (nSPS) is 27.0. The summed E-state index contributed by atoms with van der Waals surface area (Å²) in [5, 5.41) is 22.3. The Morgan fingerprint density at radius 3 is 2.28 bits per heavy atom. The number of carbonyl (C=O) groups is 7. The van der Waals surface area contributed by atoms with Crippen LogP contribution in [-0.4, -0.2) is 132 Å². The van der Waals surface area contributed by atoms with Gasteiger partial charge in [0, 0.05) is 32.4 Å². The molecule has 3 rings (SSSR count). The smallest absolute Gasteiger partial charge is 0.303 e. The van der Waals surface area contributed by atoms with Crippen LogP contribution in [0.4, 0.5) is 0 Å². The number of esters is 1. The summed E-state index contributed by atoms with van der Waals surface area (Å²) in [5.74, 6) is -2.48. The van der Waals surface area contributed by atoms with Gasteiger partial charge in [0.2, 0.25) is 29.5 Å². The zero-order valence-electron chi connectivity index (χ0n) is 38.9. The van der Waals surface area contributed by atoms with Crippen molar-refractivity contribution >= 4 is 53.2 Å². The Bertz CT molecular complexity index is 1700. The Morgan fingerprint density at radius 1 is 0.906 bits per heavy atom. The summed E-state index contributed by atoms with van der Waals surface area (Å²) in [5.41, 5.74) is 4.80. The second-order valence-electron chi connectivity index (χ2n) is 17.5. The first-order valence-corrected chi connectivity index (χ1v) is 23.7. The van der Waals surface area contributed by atoms with E-state index in [1.807, 2.05) is 32.3 Å². The molecule has 3 heterocycles. The molecule has 19 heteroatoms. The molecule has 3 saturated heterocycles. The number of unbranched alkanes of at least 4 members (excludes halogenated alkanes) is 2. The van der Waals surface area contributed by atoms with E-state index >= 15 is 0 Å². The van der Waals surface area contributed by atoms with Crippen LogP contribution in [0.25, 0.3) is 0 Å². The predicted molar refractivity (Wildman–Crippen MR) is 241 cm³/mol. The van der Waals surface area contributed by atoms with Gasteiger partial charge < -0.3 is 45.3 Å². The number of carbonyl (C=O) groups excluding carboxylic acids is 7. The summed E-state index contributed by atoms with van der Waals surface area (Å²) >= 11 is 1.45. The van der Waals surface area contributed by atoms with Crippen molar-refractivity contribution < 1.29 is 57.6 Å². The molecule has 0 unspecified atom stereocenters. The average molecular weight is 921 g/mol. The zero-order valence-corrected chi connectivity index (χ0v) is 39.7. The van der Waals surface area contributed by atoms with Crippen molar-refractivity contribution in [3.63, 3.8) is 0 Å². The van der Waals surface area contributed by atoms with Gasteiger partial charge in [-0.3, -0.25) is 44.4 Å². The summed E-state index contributed by atoms with van der Waals surface area (Å²) in [7, 11) is 0. The van der Waals surface area contributed by atoms with E-state index in [9.17, 15) is 38.7 Å². The van der Waals surface area contributed by atoms with Crippen LogP contribution in [0.2, 0.25) is 0 Å². The van der Waals surface area contributed by atoms with E-state index in [2.05, 4.69) is 39.0 Å². The number of rotatable bonds is 23. The molecule has 11 atom stereocenters. The molecule has 0 bridgehead atoms. The van der Waals surface area contributed by atoms with E-state index in [1.54, 1.807) is 26.8 Å². The van der Waals surface area contributed by atoms with Crippen molar-refractivity contribution in [3.05, 3.63) is 36.0 Å². The van der Waals surface area contributed by atoms with Crippen LogP contribution < -0.4 is 32.1 Å². The molecular weight excluding hydrogens is 849 g/mol. The summed E-state index contributed by atoms with van der Waals surface area (Å²) in [6, 6.07) is -2.10. The number of hydrazine groups is 1. The van der Waals surface area contributed by atoms with Crippen LogP contribution in [0.3, 0.4) is 0 Å². The lowest BCUT2D eigenvalue weighted by Gasteiger charge is -2.39. The SMILES string of the molecule is CSCC(=O)NCCCCCC(=O)N[C@H](C(=O)N[C@@H](C)C(=O)NNC(=O)C[C@@H]1C[C@@]2(CO2)[C@H](O)[C@@H](/C=C/C(C)=C/C[C@@H]2O[C@H](C)[C@H](NC(=O)/C=C\[C@H](C)OC(C)=O)C[C@@H]2C)O1)C(C)C. The van der Waals surface area contributed by atoms with E-state index in [1.165, 1.54) is 37.8 Å². The van der Waals surface area contributed by atoms with Crippen molar-refractivity contribution in [2.75, 3.05) is 25.2 Å². The molecule has 0 saturated carbocycles. The van der Waals surface area contributed by atoms with E-state index in [4.69, 9.17) is 18.9 Å². The Morgan fingerprint density at radius 2 is 1.62 bits per heavy atom. The Kier molecular flexibility index (Phi) is 22.5. The minimum absolute atomic E-state index is 0.0205. The number of aliphatic hydroxyl groups excluding tert-OH is 1. The highest BCUT2D eigenvalue weighted by Crippen LogP contribution is 2.43. The van der Waals surface area contributed by atoms with Crippen molar-refractivity contribution in [3.8, 4) is 0 Å². The number of ether oxygens (including phenoxy) is 4. The lowest BCUT2D eigenvalue weighted by molar-refractivity contribution is -0.147. The third-order valence-electron chi connectivity index (χ3n) is 11.4. The molecule has 0 aromatic rings. The quantitative estimate of drug-likeness (QED) is 0.0194. The van der Waals surface area contributed by atoms with Crippen LogP contribution >= 0.6 is 11.8 Å². The van der Waals surface area contributed by atoms with Gasteiger partial charge in [0.05, 0.1) is 43.1 Å².